The first-order valence-electron chi connectivity index (χ1n) is 5.21. The monoisotopic (exact) mass is 246 g/mol. The van der Waals surface area contributed by atoms with Crippen LogP contribution in [0.25, 0.3) is 0 Å². The lowest BCUT2D eigenvalue weighted by Crippen LogP contribution is -2.30. The molecule has 0 spiro atoms. The van der Waals surface area contributed by atoms with Gasteiger partial charge in [-0.15, -0.1) is 11.3 Å². The summed E-state index contributed by atoms with van der Waals surface area (Å²) in [5.74, 6) is -5.69. The summed E-state index contributed by atoms with van der Waals surface area (Å²) in [4.78, 5) is 12.0. The zero-order valence-corrected chi connectivity index (χ0v) is 9.45. The first-order valence-corrected chi connectivity index (χ1v) is 6.02. The van der Waals surface area contributed by atoms with E-state index < -0.39 is 18.3 Å². The van der Waals surface area contributed by atoms with Crippen LogP contribution in [0.4, 0.5) is 8.78 Å². The normalized spacial score (nSPS) is 15.9. The number of alkyl halides is 2. The third-order valence-corrected chi connectivity index (χ3v) is 3.99. The molecule has 0 atom stereocenters. The molecule has 1 N–H and O–H groups in total. The Kier molecular flexibility index (Phi) is 2.97. The summed E-state index contributed by atoms with van der Waals surface area (Å²) in [6.45, 7) is 0. The summed E-state index contributed by atoms with van der Waals surface area (Å²) in [5, 5.41) is 8.36. The van der Waals surface area contributed by atoms with E-state index in [0.717, 1.165) is 36.1 Å². The number of carbonyl (C=O) groups is 1. The maximum atomic E-state index is 13.0. The minimum absolute atomic E-state index is 0.485. The predicted octanol–water partition coefficient (Wildman–Crippen LogP) is 2.89. The molecular formula is C11H12F2O2S. The molecule has 1 aromatic heterocycles. The molecule has 0 bridgehead atoms. The molecule has 88 valence electrons. The van der Waals surface area contributed by atoms with Gasteiger partial charge in [-0.2, -0.15) is 8.78 Å². The van der Waals surface area contributed by atoms with Gasteiger partial charge in [-0.3, -0.25) is 0 Å². The number of fused-ring (bicyclic) bond motifs is 1. The van der Waals surface area contributed by atoms with Gasteiger partial charge in [0.1, 0.15) is 0 Å². The van der Waals surface area contributed by atoms with Crippen molar-refractivity contribution in [1.82, 2.24) is 0 Å². The summed E-state index contributed by atoms with van der Waals surface area (Å²) in [7, 11) is 0. The summed E-state index contributed by atoms with van der Waals surface area (Å²) >= 11 is 1.34. The maximum Gasteiger partial charge on any atom is 0.374 e. The SMILES string of the molecule is O=C(O)C(F)(F)Cc1cc2c(s1)CCCC2. The minimum atomic E-state index is -3.65. The second-order valence-electron chi connectivity index (χ2n) is 4.05. The highest BCUT2D eigenvalue weighted by Gasteiger charge is 2.39. The quantitative estimate of drug-likeness (QED) is 0.890. The first-order chi connectivity index (χ1) is 7.49. The highest BCUT2D eigenvalue weighted by molar-refractivity contribution is 7.12. The molecule has 0 aliphatic heterocycles. The Labute approximate surface area is 95.9 Å². The van der Waals surface area contributed by atoms with Crippen LogP contribution in [-0.4, -0.2) is 17.0 Å². The molecule has 0 saturated carbocycles. The molecule has 2 nitrogen and oxygen atoms in total. The van der Waals surface area contributed by atoms with E-state index in [1.54, 1.807) is 6.07 Å². The van der Waals surface area contributed by atoms with E-state index in [9.17, 15) is 13.6 Å². The Morgan fingerprint density at radius 2 is 2.12 bits per heavy atom. The number of hydrogen-bond donors (Lipinski definition) is 1. The van der Waals surface area contributed by atoms with E-state index in [4.69, 9.17) is 5.11 Å². The Hall–Kier alpha value is -0.970. The van der Waals surface area contributed by atoms with Crippen molar-refractivity contribution >= 4 is 17.3 Å². The van der Waals surface area contributed by atoms with Crippen molar-refractivity contribution in [2.45, 2.75) is 38.0 Å². The van der Waals surface area contributed by atoms with Gasteiger partial charge in [0.25, 0.3) is 0 Å². The van der Waals surface area contributed by atoms with Crippen molar-refractivity contribution in [3.63, 3.8) is 0 Å². The van der Waals surface area contributed by atoms with Crippen LogP contribution in [-0.2, 0) is 24.1 Å². The van der Waals surface area contributed by atoms with Gasteiger partial charge in [0.05, 0.1) is 6.42 Å². The molecule has 2 rings (SSSR count). The molecule has 1 aliphatic rings. The minimum Gasteiger partial charge on any atom is -0.477 e. The molecule has 0 fully saturated rings. The van der Waals surface area contributed by atoms with Gasteiger partial charge in [-0.05, 0) is 37.3 Å². The van der Waals surface area contributed by atoms with E-state index in [2.05, 4.69) is 0 Å². The number of halogens is 2. The van der Waals surface area contributed by atoms with Gasteiger partial charge in [-0.1, -0.05) is 0 Å². The average Bonchev–Trinajstić information content (AvgIpc) is 2.58. The van der Waals surface area contributed by atoms with Crippen LogP contribution in [0, 0.1) is 0 Å². The maximum absolute atomic E-state index is 13.0. The molecule has 0 aromatic carbocycles. The molecule has 0 radical (unpaired) electrons. The second-order valence-corrected chi connectivity index (χ2v) is 5.28. The molecule has 0 unspecified atom stereocenters. The number of hydrogen-bond acceptors (Lipinski definition) is 2. The van der Waals surface area contributed by atoms with Crippen LogP contribution in [0.3, 0.4) is 0 Å². The number of aliphatic carboxylic acids is 1. The molecular weight excluding hydrogens is 234 g/mol. The van der Waals surface area contributed by atoms with Crippen LogP contribution in [0.15, 0.2) is 6.07 Å². The van der Waals surface area contributed by atoms with Crippen molar-refractivity contribution in [2.75, 3.05) is 0 Å². The number of thiophene rings is 1. The average molecular weight is 246 g/mol. The lowest BCUT2D eigenvalue weighted by atomic mass is 9.99. The van der Waals surface area contributed by atoms with E-state index in [-0.39, 0.29) is 0 Å². The largest absolute Gasteiger partial charge is 0.477 e. The molecule has 1 heterocycles. The highest BCUT2D eigenvalue weighted by Crippen LogP contribution is 2.32. The third-order valence-electron chi connectivity index (χ3n) is 2.76. The van der Waals surface area contributed by atoms with Gasteiger partial charge in [0, 0.05) is 9.75 Å². The van der Waals surface area contributed by atoms with Crippen LogP contribution in [0.5, 0.6) is 0 Å². The van der Waals surface area contributed by atoms with Crippen molar-refractivity contribution < 1.29 is 18.7 Å². The second kappa shape index (κ2) is 4.13. The lowest BCUT2D eigenvalue weighted by Gasteiger charge is -2.08. The van der Waals surface area contributed by atoms with Crippen molar-refractivity contribution in [3.8, 4) is 0 Å². The number of carboxylic acids is 1. The number of aryl methyl sites for hydroxylation is 2. The molecule has 1 aromatic rings. The fraction of sp³-hybridized carbons (Fsp3) is 0.545. The Balaban J connectivity index is 2.16. The number of carboxylic acid groups (broad SMARTS) is 1. The van der Waals surface area contributed by atoms with E-state index in [0.29, 0.717) is 4.88 Å². The zero-order chi connectivity index (χ0) is 11.8. The third kappa shape index (κ3) is 2.24. The fourth-order valence-electron chi connectivity index (χ4n) is 1.93. The first kappa shape index (κ1) is 11.5. The van der Waals surface area contributed by atoms with Gasteiger partial charge in [0.15, 0.2) is 0 Å². The fourth-order valence-corrected chi connectivity index (χ4v) is 3.24. The van der Waals surface area contributed by atoms with Crippen LogP contribution < -0.4 is 0 Å². The topological polar surface area (TPSA) is 37.3 Å². The zero-order valence-electron chi connectivity index (χ0n) is 8.63. The molecule has 1 aliphatic carbocycles. The highest BCUT2D eigenvalue weighted by atomic mass is 32.1. The molecule has 16 heavy (non-hydrogen) atoms. The van der Waals surface area contributed by atoms with E-state index in [1.165, 1.54) is 11.3 Å². The van der Waals surface area contributed by atoms with E-state index in [1.807, 2.05) is 0 Å². The van der Waals surface area contributed by atoms with Gasteiger partial charge >= 0.3 is 11.9 Å². The Morgan fingerprint density at radius 3 is 2.75 bits per heavy atom. The van der Waals surface area contributed by atoms with E-state index >= 15 is 0 Å². The summed E-state index contributed by atoms with van der Waals surface area (Å²) in [5.41, 5.74) is 1.13. The predicted molar refractivity (Wildman–Crippen MR) is 57.2 cm³/mol. The summed E-state index contributed by atoms with van der Waals surface area (Å²) in [6.07, 6.45) is 3.39. The van der Waals surface area contributed by atoms with Crippen LogP contribution in [0.2, 0.25) is 0 Å². The van der Waals surface area contributed by atoms with Crippen molar-refractivity contribution in [1.29, 1.82) is 0 Å². The van der Waals surface area contributed by atoms with Gasteiger partial charge in [-0.25, -0.2) is 4.79 Å². The Morgan fingerprint density at radius 1 is 1.44 bits per heavy atom. The van der Waals surface area contributed by atoms with Gasteiger partial charge < -0.3 is 5.11 Å². The Bertz CT molecular complexity index is 389. The summed E-state index contributed by atoms with van der Waals surface area (Å²) in [6, 6.07) is 1.75. The van der Waals surface area contributed by atoms with Crippen LogP contribution >= 0.6 is 11.3 Å². The van der Waals surface area contributed by atoms with Crippen molar-refractivity contribution in [3.05, 3.63) is 21.4 Å². The van der Waals surface area contributed by atoms with Gasteiger partial charge in [0.2, 0.25) is 0 Å². The van der Waals surface area contributed by atoms with Crippen LogP contribution in [0.1, 0.15) is 28.2 Å². The number of rotatable bonds is 3. The molecule has 0 amide bonds. The summed E-state index contributed by atoms with van der Waals surface area (Å²) < 4.78 is 26.0. The molecule has 5 heteroatoms. The smallest absolute Gasteiger partial charge is 0.374 e. The lowest BCUT2D eigenvalue weighted by molar-refractivity contribution is -0.164. The molecule has 0 saturated heterocycles. The standard InChI is InChI=1S/C11H12F2O2S/c12-11(13,10(14)15)6-8-5-7-3-1-2-4-9(7)16-8/h5H,1-4,6H2,(H,14,15). The van der Waals surface area contributed by atoms with Crippen molar-refractivity contribution in [2.24, 2.45) is 0 Å².